The van der Waals surface area contributed by atoms with Gasteiger partial charge in [0.05, 0.1) is 18.5 Å². The molecule has 2 heterocycles. The summed E-state index contributed by atoms with van der Waals surface area (Å²) in [6, 6.07) is 18.6. The highest BCUT2D eigenvalue weighted by Gasteiger charge is 2.26. The number of methoxy groups -OCH3 is 1. The minimum atomic E-state index is -4.34. The Morgan fingerprint density at radius 2 is 1.25 bits per heavy atom. The Morgan fingerprint density at radius 3 is 1.75 bits per heavy atom. The van der Waals surface area contributed by atoms with E-state index in [9.17, 15) is 45.8 Å². The fourth-order valence-electron chi connectivity index (χ4n) is 5.18. The Hall–Kier alpha value is -5.70. The van der Waals surface area contributed by atoms with Crippen LogP contribution >= 0.6 is 45.9 Å². The second-order valence-corrected chi connectivity index (χ2v) is 18.8. The van der Waals surface area contributed by atoms with Crippen molar-refractivity contribution in [1.29, 1.82) is 0 Å². The third-order valence-electron chi connectivity index (χ3n) is 7.94. The minimum Gasteiger partial charge on any atom is -0.507 e. The van der Waals surface area contributed by atoms with Gasteiger partial charge >= 0.3 is 11.9 Å². The largest absolute Gasteiger partial charge is 0.507 e. The van der Waals surface area contributed by atoms with Crippen LogP contribution in [-0.4, -0.2) is 52.0 Å². The molecule has 0 atom stereocenters. The van der Waals surface area contributed by atoms with Gasteiger partial charge in [0, 0.05) is 28.8 Å². The molecule has 0 aliphatic heterocycles. The maximum Gasteiger partial charge on any atom is 0.347 e. The highest BCUT2D eigenvalue weighted by atomic mass is 35.5. The summed E-state index contributed by atoms with van der Waals surface area (Å²) in [6.07, 6.45) is 0. The molecule has 4 aromatic carbocycles. The van der Waals surface area contributed by atoms with Crippen LogP contribution in [0.5, 0.6) is 17.2 Å². The third-order valence-corrected chi connectivity index (χ3v) is 14.4. The van der Waals surface area contributed by atoms with E-state index in [1.54, 1.807) is 12.1 Å². The number of aromatic hydroxyl groups is 1. The first-order valence-electron chi connectivity index (χ1n) is 15.7. The van der Waals surface area contributed by atoms with Crippen LogP contribution in [0.25, 0.3) is 22.3 Å². The fourth-order valence-corrected chi connectivity index (χ4v) is 10.8. The molecule has 57 heavy (non-hydrogen) atoms. The van der Waals surface area contributed by atoms with Crippen molar-refractivity contribution in [3.05, 3.63) is 122 Å². The summed E-state index contributed by atoms with van der Waals surface area (Å²) in [5, 5.41) is 20.4. The van der Waals surface area contributed by atoms with Crippen molar-refractivity contribution in [2.75, 3.05) is 16.6 Å². The predicted octanol–water partition coefficient (Wildman–Crippen LogP) is 7.92. The van der Waals surface area contributed by atoms with Crippen molar-refractivity contribution in [2.45, 2.75) is 8.42 Å². The first-order chi connectivity index (χ1) is 26.9. The smallest absolute Gasteiger partial charge is 0.347 e. The lowest BCUT2D eigenvalue weighted by atomic mass is 10.1. The molecule has 6 N–H and O–H groups in total. The summed E-state index contributed by atoms with van der Waals surface area (Å²) in [6.45, 7) is 0. The zero-order chi connectivity index (χ0) is 41.4. The molecular formula is C36H24Cl2FN3O11S4. The number of hydrogen-bond donors (Lipinski definition) is 5. The highest BCUT2D eigenvalue weighted by Crippen LogP contribution is 2.41. The van der Waals surface area contributed by atoms with Gasteiger partial charge in [0.1, 0.15) is 39.7 Å². The molecule has 14 nitrogen and oxygen atoms in total. The summed E-state index contributed by atoms with van der Waals surface area (Å²) in [4.78, 5) is 36.6. The molecule has 0 saturated heterocycles. The van der Waals surface area contributed by atoms with Crippen LogP contribution in [0.2, 0.25) is 8.67 Å². The molecule has 6 rings (SSSR count). The Labute approximate surface area is 340 Å². The highest BCUT2D eigenvalue weighted by molar-refractivity contribution is 7.95. The van der Waals surface area contributed by atoms with Crippen molar-refractivity contribution in [1.82, 2.24) is 0 Å². The number of primary amides is 1. The van der Waals surface area contributed by atoms with Gasteiger partial charge in [0.2, 0.25) is 5.91 Å². The molecule has 294 valence electrons. The van der Waals surface area contributed by atoms with Crippen LogP contribution in [0.3, 0.4) is 0 Å². The number of amides is 1. The number of thiophene rings is 2. The lowest BCUT2D eigenvalue weighted by molar-refractivity contribution is 0.0680. The number of carbonyl (C=O) groups excluding carboxylic acids is 2. The molecule has 0 saturated carbocycles. The molecule has 0 spiro atoms. The maximum atomic E-state index is 14.3. The number of ether oxygens (including phenoxy) is 2. The molecule has 0 bridgehead atoms. The summed E-state index contributed by atoms with van der Waals surface area (Å²) in [5.41, 5.74) is 5.45. The van der Waals surface area contributed by atoms with Crippen molar-refractivity contribution < 1.29 is 55.3 Å². The van der Waals surface area contributed by atoms with Gasteiger partial charge in [-0.05, 0) is 71.8 Å². The monoisotopic (exact) mass is 891 g/mol. The zero-order valence-corrected chi connectivity index (χ0v) is 33.4. The number of carboxylic acids is 1. The number of anilines is 2. The van der Waals surface area contributed by atoms with E-state index in [0.29, 0.717) is 28.0 Å². The number of phenols is 1. The Kier molecular flexibility index (Phi) is 11.5. The third kappa shape index (κ3) is 8.83. The number of benzene rings is 4. The number of carboxylic acid groups (broad SMARTS) is 1. The number of nitrogens with two attached hydrogens (primary N) is 1. The normalized spacial score (nSPS) is 11.5. The van der Waals surface area contributed by atoms with E-state index in [-0.39, 0.29) is 45.3 Å². The average Bonchev–Trinajstić information content (AvgIpc) is 3.75. The molecule has 0 radical (unpaired) electrons. The lowest BCUT2D eigenvalue weighted by Crippen LogP contribution is -2.15. The van der Waals surface area contributed by atoms with Crippen LogP contribution in [0, 0.1) is 5.82 Å². The molecule has 0 fully saturated rings. The van der Waals surface area contributed by atoms with Crippen molar-refractivity contribution in [3.63, 3.8) is 0 Å². The first kappa shape index (κ1) is 40.9. The molecule has 6 aromatic rings. The van der Waals surface area contributed by atoms with Gasteiger partial charge in [0.15, 0.2) is 11.6 Å². The van der Waals surface area contributed by atoms with Crippen LogP contribution in [-0.2, 0) is 20.0 Å². The van der Waals surface area contributed by atoms with Crippen molar-refractivity contribution in [3.8, 4) is 39.5 Å². The topological polar surface area (TPSA) is 228 Å². The van der Waals surface area contributed by atoms with Crippen LogP contribution < -0.4 is 24.7 Å². The maximum absolute atomic E-state index is 14.3. The Morgan fingerprint density at radius 1 is 0.719 bits per heavy atom. The number of phenolic OH excluding ortho intramolecular Hbond substituents is 1. The molecule has 1 amide bonds. The number of nitrogens with one attached hydrogen (secondary N) is 2. The van der Waals surface area contributed by atoms with Crippen LogP contribution in [0.1, 0.15) is 31.1 Å². The number of aromatic carboxylic acids is 1. The fraction of sp³-hybridized carbons (Fsp3) is 0.0278. The Bertz CT molecular complexity index is 2830. The van der Waals surface area contributed by atoms with E-state index in [1.165, 1.54) is 43.5 Å². The lowest BCUT2D eigenvalue weighted by Gasteiger charge is -2.12. The molecule has 2 aromatic heterocycles. The molecule has 0 aliphatic rings. The molecule has 0 unspecified atom stereocenters. The van der Waals surface area contributed by atoms with E-state index in [4.69, 9.17) is 38.4 Å². The van der Waals surface area contributed by atoms with Gasteiger partial charge in [-0.2, -0.15) is 0 Å². The number of halogens is 3. The number of carbonyl (C=O) groups is 3. The Balaban J connectivity index is 1.19. The number of hydrogen-bond acceptors (Lipinski definition) is 12. The van der Waals surface area contributed by atoms with Crippen LogP contribution in [0.4, 0.5) is 15.8 Å². The predicted molar refractivity (Wildman–Crippen MR) is 213 cm³/mol. The average molecular weight is 893 g/mol. The zero-order valence-electron chi connectivity index (χ0n) is 28.6. The van der Waals surface area contributed by atoms with E-state index in [2.05, 4.69) is 9.44 Å². The van der Waals surface area contributed by atoms with Gasteiger partial charge in [-0.25, -0.2) is 30.8 Å². The minimum absolute atomic E-state index is 0.0189. The van der Waals surface area contributed by atoms with E-state index in [1.807, 2.05) is 0 Å². The van der Waals surface area contributed by atoms with Gasteiger partial charge in [-0.1, -0.05) is 41.4 Å². The number of sulfonamides is 2. The van der Waals surface area contributed by atoms with Crippen LogP contribution in [0.15, 0.2) is 99.4 Å². The summed E-state index contributed by atoms with van der Waals surface area (Å²) >= 11 is 14.1. The van der Waals surface area contributed by atoms with E-state index < -0.39 is 66.3 Å². The summed E-state index contributed by atoms with van der Waals surface area (Å²) in [5.74, 6) is -5.53. The number of rotatable bonds is 13. The molecule has 0 aliphatic carbocycles. The van der Waals surface area contributed by atoms with E-state index >= 15 is 0 Å². The number of esters is 1. The van der Waals surface area contributed by atoms with Crippen molar-refractivity contribution >= 4 is 95.1 Å². The summed E-state index contributed by atoms with van der Waals surface area (Å²) in [7, 11) is -7.37. The standard InChI is InChI=1S/C36H24Cl2FN3O11S4/c1-52-28-11-6-19(12-26(28)39)25-16-31(55-33(25)38)56(48,49)41-20-7-9-22(27(43)13-20)36(47)53-29-14-21(8-10-23(29)35(45)46)42-57(50,51)30-15-24(32(37)54-30)17-2-4-18(5-3-17)34(40)44/h2-16,41-43H,1H3,(H2,40,44)(H,45,46). The molecule has 21 heteroatoms. The molecular weight excluding hydrogens is 869 g/mol. The SMILES string of the molecule is COc1ccc(-c2cc(S(=O)(=O)Nc3ccc(C(=O)Oc4cc(NS(=O)(=O)c5cc(-c6ccc(C(N)=O)cc6)c(Cl)s5)ccc4C(=O)O)c(O)c3)sc2Cl)cc1F. The van der Waals surface area contributed by atoms with Gasteiger partial charge in [0.25, 0.3) is 20.0 Å². The van der Waals surface area contributed by atoms with E-state index in [0.717, 1.165) is 53.8 Å². The van der Waals surface area contributed by atoms with Crippen molar-refractivity contribution in [2.24, 2.45) is 5.73 Å². The second-order valence-electron chi connectivity index (χ2n) is 11.6. The van der Waals surface area contributed by atoms with Gasteiger partial charge in [-0.3, -0.25) is 14.2 Å². The quantitative estimate of drug-likeness (QED) is 0.0552. The van der Waals surface area contributed by atoms with Gasteiger partial charge < -0.3 is 25.4 Å². The first-order valence-corrected chi connectivity index (χ1v) is 21.0. The second kappa shape index (κ2) is 16.0. The van der Waals surface area contributed by atoms with Gasteiger partial charge in [-0.15, -0.1) is 22.7 Å². The summed E-state index contributed by atoms with van der Waals surface area (Å²) < 4.78 is 81.9.